The molecule has 1 aromatic heterocycles. The van der Waals surface area contributed by atoms with Crippen molar-refractivity contribution in [3.63, 3.8) is 0 Å². The summed E-state index contributed by atoms with van der Waals surface area (Å²) in [5.74, 6) is -0.432. The second-order valence-electron chi connectivity index (χ2n) is 5.64. The Morgan fingerprint density at radius 3 is 2.29 bits per heavy atom. The van der Waals surface area contributed by atoms with Crippen molar-refractivity contribution in [3.8, 4) is 11.3 Å². The predicted octanol–water partition coefficient (Wildman–Crippen LogP) is 5.54. The zero-order chi connectivity index (χ0) is 16.5. The van der Waals surface area contributed by atoms with Crippen LogP contribution in [0.2, 0.25) is 5.02 Å². The van der Waals surface area contributed by atoms with Gasteiger partial charge in [0, 0.05) is 17.0 Å². The van der Waals surface area contributed by atoms with Crippen LogP contribution >= 0.6 is 11.6 Å². The van der Waals surface area contributed by atoms with Crippen molar-refractivity contribution < 1.29 is 4.39 Å². The second-order valence-corrected chi connectivity index (χ2v) is 6.05. The molecular formula is C20H14ClFN2. The maximum Gasteiger partial charge on any atom is 0.143 e. The van der Waals surface area contributed by atoms with Crippen LogP contribution in [-0.2, 0) is 6.54 Å². The van der Waals surface area contributed by atoms with Crippen LogP contribution in [0.1, 0.15) is 5.56 Å². The molecule has 3 aromatic carbocycles. The molecule has 118 valence electrons. The van der Waals surface area contributed by atoms with Gasteiger partial charge in [0.2, 0.25) is 0 Å². The molecule has 0 unspecified atom stereocenters. The largest absolute Gasteiger partial charge is 0.260 e. The number of fused-ring (bicyclic) bond motifs is 1. The second kappa shape index (κ2) is 6.10. The summed E-state index contributed by atoms with van der Waals surface area (Å²) in [6, 6.07) is 23.0. The molecule has 0 atom stereocenters. The van der Waals surface area contributed by atoms with Crippen LogP contribution in [0.15, 0.2) is 72.8 Å². The van der Waals surface area contributed by atoms with E-state index in [4.69, 9.17) is 16.7 Å². The molecule has 0 saturated heterocycles. The normalized spacial score (nSPS) is 11.1. The fourth-order valence-corrected chi connectivity index (χ4v) is 3.02. The topological polar surface area (TPSA) is 17.8 Å². The molecule has 0 aliphatic rings. The molecule has 0 spiro atoms. The molecule has 4 heteroatoms. The molecule has 0 saturated carbocycles. The number of rotatable bonds is 3. The lowest BCUT2D eigenvalue weighted by Gasteiger charge is -2.04. The van der Waals surface area contributed by atoms with Crippen molar-refractivity contribution in [1.29, 1.82) is 0 Å². The lowest BCUT2D eigenvalue weighted by molar-refractivity contribution is 0.627. The van der Waals surface area contributed by atoms with Crippen LogP contribution in [0.3, 0.4) is 0 Å². The molecule has 4 aromatic rings. The van der Waals surface area contributed by atoms with Crippen LogP contribution in [0.5, 0.6) is 0 Å². The Labute approximate surface area is 144 Å². The van der Waals surface area contributed by atoms with E-state index in [2.05, 4.69) is 0 Å². The van der Waals surface area contributed by atoms with Gasteiger partial charge >= 0.3 is 0 Å². The van der Waals surface area contributed by atoms with E-state index in [0.29, 0.717) is 6.54 Å². The van der Waals surface area contributed by atoms with Gasteiger partial charge in [0.05, 0.1) is 17.1 Å². The fourth-order valence-electron chi connectivity index (χ4n) is 2.85. The van der Waals surface area contributed by atoms with E-state index in [1.54, 1.807) is 6.07 Å². The van der Waals surface area contributed by atoms with Gasteiger partial charge in [-0.25, -0.2) is 4.39 Å². The van der Waals surface area contributed by atoms with Crippen LogP contribution in [0, 0.1) is 5.82 Å². The Morgan fingerprint density at radius 1 is 0.917 bits per heavy atom. The Hall–Kier alpha value is -2.65. The lowest BCUT2D eigenvalue weighted by Crippen LogP contribution is -2.01. The van der Waals surface area contributed by atoms with Crippen LogP contribution in [0.25, 0.3) is 22.2 Å². The predicted molar refractivity (Wildman–Crippen MR) is 95.7 cm³/mol. The Morgan fingerprint density at radius 2 is 1.58 bits per heavy atom. The fraction of sp³-hybridized carbons (Fsp3) is 0.0500. The van der Waals surface area contributed by atoms with E-state index in [-0.39, 0.29) is 5.02 Å². The summed E-state index contributed by atoms with van der Waals surface area (Å²) in [5.41, 5.74) is 3.64. The molecule has 0 radical (unpaired) electrons. The molecule has 0 N–H and O–H groups in total. The molecule has 24 heavy (non-hydrogen) atoms. The summed E-state index contributed by atoms with van der Waals surface area (Å²) in [4.78, 5) is 0. The van der Waals surface area contributed by atoms with Gasteiger partial charge in [-0.3, -0.25) is 4.68 Å². The number of aromatic nitrogens is 2. The number of halogens is 2. The van der Waals surface area contributed by atoms with Crippen LogP contribution in [-0.4, -0.2) is 9.78 Å². The average Bonchev–Trinajstić information content (AvgIpc) is 2.95. The molecule has 0 fully saturated rings. The summed E-state index contributed by atoms with van der Waals surface area (Å²) in [5, 5.41) is 5.69. The molecule has 0 bridgehead atoms. The number of nitrogens with zero attached hydrogens (tertiary/aromatic N) is 2. The third-order valence-electron chi connectivity index (χ3n) is 4.01. The SMILES string of the molecule is Fc1cc2c(cc1Cl)c(-c1ccccc1)nn2Cc1ccccc1. The highest BCUT2D eigenvalue weighted by atomic mass is 35.5. The third kappa shape index (κ3) is 2.68. The first-order valence-electron chi connectivity index (χ1n) is 7.67. The smallest absolute Gasteiger partial charge is 0.143 e. The van der Waals surface area contributed by atoms with Crippen molar-refractivity contribution in [2.75, 3.05) is 0 Å². The van der Waals surface area contributed by atoms with Crippen molar-refractivity contribution in [1.82, 2.24) is 9.78 Å². The lowest BCUT2D eigenvalue weighted by atomic mass is 10.1. The Balaban J connectivity index is 1.92. The number of benzene rings is 3. The van der Waals surface area contributed by atoms with E-state index < -0.39 is 5.82 Å². The molecule has 0 aliphatic carbocycles. The first-order valence-corrected chi connectivity index (χ1v) is 8.05. The zero-order valence-corrected chi connectivity index (χ0v) is 13.5. The van der Waals surface area contributed by atoms with E-state index in [1.165, 1.54) is 6.07 Å². The van der Waals surface area contributed by atoms with Crippen LogP contribution in [0.4, 0.5) is 4.39 Å². The van der Waals surface area contributed by atoms with Crippen LogP contribution < -0.4 is 0 Å². The molecule has 0 aliphatic heterocycles. The highest BCUT2D eigenvalue weighted by molar-refractivity contribution is 6.31. The first kappa shape index (κ1) is 14.9. The zero-order valence-electron chi connectivity index (χ0n) is 12.8. The maximum absolute atomic E-state index is 14.0. The summed E-state index contributed by atoms with van der Waals surface area (Å²) < 4.78 is 15.8. The minimum atomic E-state index is -0.432. The van der Waals surface area contributed by atoms with Gasteiger partial charge in [-0.15, -0.1) is 0 Å². The van der Waals surface area contributed by atoms with Gasteiger partial charge in [-0.1, -0.05) is 72.3 Å². The minimum Gasteiger partial charge on any atom is -0.260 e. The van der Waals surface area contributed by atoms with E-state index in [0.717, 1.165) is 27.7 Å². The minimum absolute atomic E-state index is 0.110. The van der Waals surface area contributed by atoms with Gasteiger partial charge in [0.25, 0.3) is 0 Å². The standard InChI is InChI=1S/C20H14ClFN2/c21-17-11-16-19(12-18(17)22)24(13-14-7-3-1-4-8-14)23-20(16)15-9-5-2-6-10-15/h1-12H,13H2. The molecule has 1 heterocycles. The highest BCUT2D eigenvalue weighted by Crippen LogP contribution is 2.31. The molecule has 4 rings (SSSR count). The summed E-state index contributed by atoms with van der Waals surface area (Å²) >= 11 is 6.00. The maximum atomic E-state index is 14.0. The van der Waals surface area contributed by atoms with Gasteiger partial charge in [0.15, 0.2) is 0 Å². The first-order chi connectivity index (χ1) is 11.7. The van der Waals surface area contributed by atoms with Gasteiger partial charge in [0.1, 0.15) is 11.5 Å². The third-order valence-corrected chi connectivity index (χ3v) is 4.30. The van der Waals surface area contributed by atoms with Crippen molar-refractivity contribution in [2.24, 2.45) is 0 Å². The Kier molecular flexibility index (Phi) is 3.79. The van der Waals surface area contributed by atoms with Crippen molar-refractivity contribution in [2.45, 2.75) is 6.54 Å². The summed E-state index contributed by atoms with van der Waals surface area (Å²) in [6.45, 7) is 0.575. The van der Waals surface area contributed by atoms with E-state index in [9.17, 15) is 4.39 Å². The molecule has 2 nitrogen and oxygen atoms in total. The summed E-state index contributed by atoms with van der Waals surface area (Å²) in [7, 11) is 0. The van der Waals surface area contributed by atoms with E-state index >= 15 is 0 Å². The summed E-state index contributed by atoms with van der Waals surface area (Å²) in [6.07, 6.45) is 0. The van der Waals surface area contributed by atoms with Crippen molar-refractivity contribution in [3.05, 3.63) is 89.2 Å². The molecular weight excluding hydrogens is 323 g/mol. The van der Waals surface area contributed by atoms with Gasteiger partial charge in [-0.05, 0) is 11.6 Å². The average molecular weight is 337 g/mol. The van der Waals surface area contributed by atoms with Crippen molar-refractivity contribution >= 4 is 22.5 Å². The van der Waals surface area contributed by atoms with Gasteiger partial charge < -0.3 is 0 Å². The van der Waals surface area contributed by atoms with E-state index in [1.807, 2.05) is 65.3 Å². The number of hydrogen-bond acceptors (Lipinski definition) is 1. The Bertz CT molecular complexity index is 995. The quantitative estimate of drug-likeness (QED) is 0.480. The molecule has 0 amide bonds. The number of hydrogen-bond donors (Lipinski definition) is 0. The monoisotopic (exact) mass is 336 g/mol. The highest BCUT2D eigenvalue weighted by Gasteiger charge is 2.15. The van der Waals surface area contributed by atoms with Gasteiger partial charge in [-0.2, -0.15) is 5.10 Å².